The Balaban J connectivity index is 1.99. The molecule has 0 aliphatic heterocycles. The van der Waals surface area contributed by atoms with Crippen molar-refractivity contribution in [3.8, 4) is 0 Å². The zero-order valence-corrected chi connectivity index (χ0v) is 12.1. The second-order valence-corrected chi connectivity index (χ2v) is 4.56. The molecule has 2 aromatic rings. The minimum atomic E-state index is -0.366. The molecule has 2 amide bonds. The van der Waals surface area contributed by atoms with Crippen molar-refractivity contribution in [2.75, 3.05) is 17.2 Å². The molecule has 2 rings (SSSR count). The van der Waals surface area contributed by atoms with Crippen LogP contribution in [0.15, 0.2) is 42.7 Å². The van der Waals surface area contributed by atoms with Gasteiger partial charge in [0, 0.05) is 24.1 Å². The molecule has 0 saturated heterocycles. The molecule has 1 heterocycles. The van der Waals surface area contributed by atoms with E-state index < -0.39 is 0 Å². The summed E-state index contributed by atoms with van der Waals surface area (Å²) in [7, 11) is 0. The number of nitrogens with zero attached hydrogens (tertiary/aromatic N) is 2. The van der Waals surface area contributed by atoms with Gasteiger partial charge >= 0.3 is 6.03 Å². The van der Waals surface area contributed by atoms with Gasteiger partial charge in [-0.1, -0.05) is 19.1 Å². The Labute approximate surface area is 124 Å². The monoisotopic (exact) mass is 285 g/mol. The fourth-order valence-corrected chi connectivity index (χ4v) is 1.94. The Kier molecular flexibility index (Phi) is 5.22. The largest absolute Gasteiger partial charge is 0.326 e. The molecule has 6 heteroatoms. The number of hydrogen-bond acceptors (Lipinski definition) is 4. The molecule has 21 heavy (non-hydrogen) atoms. The molecule has 6 nitrogen and oxygen atoms in total. The van der Waals surface area contributed by atoms with Crippen molar-refractivity contribution in [2.24, 2.45) is 0 Å². The number of aromatic nitrogens is 2. The van der Waals surface area contributed by atoms with Crippen molar-refractivity contribution >= 4 is 17.7 Å². The summed E-state index contributed by atoms with van der Waals surface area (Å²) < 4.78 is 0. The first-order valence-electron chi connectivity index (χ1n) is 6.87. The fraction of sp³-hybridized carbons (Fsp3) is 0.267. The number of urea groups is 1. The Hall–Kier alpha value is -2.47. The molecule has 1 aromatic heterocycles. The molecule has 0 spiro atoms. The highest BCUT2D eigenvalue weighted by atomic mass is 16.2. The van der Waals surface area contributed by atoms with E-state index >= 15 is 0 Å². The average molecular weight is 285 g/mol. The van der Waals surface area contributed by atoms with Crippen molar-refractivity contribution < 1.29 is 4.79 Å². The summed E-state index contributed by atoms with van der Waals surface area (Å²) in [5, 5.41) is 8.68. The minimum Gasteiger partial charge on any atom is -0.310 e. The summed E-state index contributed by atoms with van der Waals surface area (Å²) in [5.74, 6) is 0.271. The van der Waals surface area contributed by atoms with Gasteiger partial charge in [-0.2, -0.15) is 0 Å². The summed E-state index contributed by atoms with van der Waals surface area (Å²) in [6.07, 6.45) is 3.14. The average Bonchev–Trinajstić information content (AvgIpc) is 2.48. The van der Waals surface area contributed by atoms with Crippen LogP contribution in [0, 0.1) is 0 Å². The van der Waals surface area contributed by atoms with Crippen LogP contribution in [0.25, 0.3) is 0 Å². The summed E-state index contributed by atoms with van der Waals surface area (Å²) >= 11 is 0. The number of carbonyl (C=O) groups is 1. The maximum Gasteiger partial charge on any atom is 0.326 e. The van der Waals surface area contributed by atoms with Gasteiger partial charge in [-0.3, -0.25) is 5.32 Å². The fourth-order valence-electron chi connectivity index (χ4n) is 1.94. The van der Waals surface area contributed by atoms with Gasteiger partial charge in [-0.05, 0) is 37.2 Å². The van der Waals surface area contributed by atoms with Gasteiger partial charge in [0.15, 0.2) is 0 Å². The Morgan fingerprint density at radius 1 is 1.19 bits per heavy atom. The maximum atomic E-state index is 11.9. The third kappa shape index (κ3) is 4.54. The maximum absolute atomic E-state index is 11.9. The molecule has 1 unspecified atom stereocenters. The van der Waals surface area contributed by atoms with Gasteiger partial charge in [0.1, 0.15) is 0 Å². The van der Waals surface area contributed by atoms with E-state index in [1.807, 2.05) is 24.3 Å². The number of nitrogens with one attached hydrogen (secondary N) is 3. The van der Waals surface area contributed by atoms with E-state index in [-0.39, 0.29) is 18.0 Å². The van der Waals surface area contributed by atoms with Crippen LogP contribution in [-0.2, 0) is 0 Å². The third-order valence-corrected chi connectivity index (χ3v) is 2.95. The highest BCUT2D eigenvalue weighted by Gasteiger charge is 2.07. The van der Waals surface area contributed by atoms with Crippen LogP contribution in [0.5, 0.6) is 0 Å². The van der Waals surface area contributed by atoms with Crippen molar-refractivity contribution in [2.45, 2.75) is 19.9 Å². The minimum absolute atomic E-state index is 0.234. The molecule has 1 atom stereocenters. The lowest BCUT2D eigenvalue weighted by Crippen LogP contribution is -2.21. The Morgan fingerprint density at radius 2 is 1.95 bits per heavy atom. The molecule has 1 aromatic carbocycles. The number of hydrogen-bond donors (Lipinski definition) is 3. The lowest BCUT2D eigenvalue weighted by Gasteiger charge is -2.14. The van der Waals surface area contributed by atoms with Gasteiger partial charge in [-0.15, -0.1) is 0 Å². The molecule has 110 valence electrons. The van der Waals surface area contributed by atoms with Crippen LogP contribution in [0.4, 0.5) is 16.4 Å². The first kappa shape index (κ1) is 14.9. The summed E-state index contributed by atoms with van der Waals surface area (Å²) in [6.45, 7) is 5.04. The first-order valence-corrected chi connectivity index (χ1v) is 6.87. The van der Waals surface area contributed by atoms with Crippen LogP contribution >= 0.6 is 0 Å². The van der Waals surface area contributed by atoms with E-state index in [1.54, 1.807) is 18.5 Å². The van der Waals surface area contributed by atoms with Crippen molar-refractivity contribution in [1.82, 2.24) is 15.3 Å². The Morgan fingerprint density at radius 3 is 2.67 bits per heavy atom. The van der Waals surface area contributed by atoms with E-state index in [0.29, 0.717) is 0 Å². The standard InChI is InChI=1S/C15H19N5O/c1-3-16-11(2)12-6-4-7-13(10-12)19-15(21)20-14-17-8-5-9-18-14/h4-11,16H,3H2,1-2H3,(H2,17,18,19,20,21). The molecular formula is C15H19N5O. The van der Waals surface area contributed by atoms with Crippen LogP contribution in [0.1, 0.15) is 25.5 Å². The number of rotatable bonds is 5. The second kappa shape index (κ2) is 7.35. The normalized spacial score (nSPS) is 11.7. The number of benzene rings is 1. The highest BCUT2D eigenvalue weighted by molar-refractivity contribution is 5.98. The second-order valence-electron chi connectivity index (χ2n) is 4.56. The molecule has 0 aliphatic rings. The van der Waals surface area contributed by atoms with Crippen molar-refractivity contribution in [1.29, 1.82) is 0 Å². The van der Waals surface area contributed by atoms with Crippen molar-refractivity contribution in [3.05, 3.63) is 48.3 Å². The molecule has 0 fully saturated rings. The van der Waals surface area contributed by atoms with Crippen LogP contribution < -0.4 is 16.0 Å². The van der Waals surface area contributed by atoms with Gasteiger partial charge in [0.25, 0.3) is 0 Å². The lowest BCUT2D eigenvalue weighted by atomic mass is 10.1. The third-order valence-electron chi connectivity index (χ3n) is 2.95. The predicted molar refractivity (Wildman–Crippen MR) is 83.2 cm³/mol. The van der Waals surface area contributed by atoms with Crippen molar-refractivity contribution in [3.63, 3.8) is 0 Å². The topological polar surface area (TPSA) is 78.9 Å². The summed E-state index contributed by atoms with van der Waals surface area (Å²) in [6, 6.07) is 9.28. The van der Waals surface area contributed by atoms with E-state index in [1.165, 1.54) is 0 Å². The molecular weight excluding hydrogens is 266 g/mol. The van der Waals surface area contributed by atoms with Gasteiger partial charge in [-0.25, -0.2) is 14.8 Å². The molecule has 3 N–H and O–H groups in total. The molecule has 0 radical (unpaired) electrons. The number of carbonyl (C=O) groups excluding carboxylic acids is 1. The highest BCUT2D eigenvalue weighted by Crippen LogP contribution is 2.17. The smallest absolute Gasteiger partial charge is 0.310 e. The van der Waals surface area contributed by atoms with Crippen LogP contribution in [0.3, 0.4) is 0 Å². The molecule has 0 bridgehead atoms. The van der Waals surface area contributed by atoms with E-state index in [4.69, 9.17) is 0 Å². The molecule has 0 aliphatic carbocycles. The summed E-state index contributed by atoms with van der Waals surface area (Å²) in [4.78, 5) is 19.7. The molecule has 0 saturated carbocycles. The summed E-state index contributed by atoms with van der Waals surface area (Å²) in [5.41, 5.74) is 1.84. The van der Waals surface area contributed by atoms with E-state index in [0.717, 1.165) is 17.8 Å². The number of anilines is 2. The first-order chi connectivity index (χ1) is 10.2. The van der Waals surface area contributed by atoms with Gasteiger partial charge in [0.2, 0.25) is 5.95 Å². The lowest BCUT2D eigenvalue weighted by molar-refractivity contribution is 0.262. The zero-order chi connectivity index (χ0) is 15.1. The zero-order valence-electron chi connectivity index (χ0n) is 12.1. The number of amides is 2. The SMILES string of the molecule is CCNC(C)c1cccc(NC(=O)Nc2ncccn2)c1. The van der Waals surface area contributed by atoms with Gasteiger partial charge in [0.05, 0.1) is 0 Å². The van der Waals surface area contributed by atoms with Crippen LogP contribution in [0.2, 0.25) is 0 Å². The quantitative estimate of drug-likeness (QED) is 0.789. The van der Waals surface area contributed by atoms with E-state index in [2.05, 4.69) is 39.8 Å². The Bertz CT molecular complexity index is 588. The van der Waals surface area contributed by atoms with Crippen LogP contribution in [-0.4, -0.2) is 22.5 Å². The van der Waals surface area contributed by atoms with Gasteiger partial charge < -0.3 is 10.6 Å². The predicted octanol–water partition coefficient (Wildman–Crippen LogP) is 2.79. The van der Waals surface area contributed by atoms with E-state index in [9.17, 15) is 4.79 Å².